The largest absolute Gasteiger partial charge is 0.306 e. The van der Waals surface area contributed by atoms with Gasteiger partial charge in [0.05, 0.1) is 21.4 Å². The minimum absolute atomic E-state index is 0.218. The number of fused-ring (bicyclic) bond motifs is 1. The van der Waals surface area contributed by atoms with Crippen molar-refractivity contribution in [3.63, 3.8) is 0 Å². The predicted octanol–water partition coefficient (Wildman–Crippen LogP) is 5.26. The van der Waals surface area contributed by atoms with Gasteiger partial charge in [-0.2, -0.15) is 5.10 Å². The number of rotatable bonds is 2. The molecule has 0 fully saturated rings. The molecule has 4 rings (SSSR count). The lowest BCUT2D eigenvalue weighted by Gasteiger charge is -2.09. The molecule has 0 saturated carbocycles. The van der Waals surface area contributed by atoms with Gasteiger partial charge < -0.3 is 4.98 Å². The summed E-state index contributed by atoms with van der Waals surface area (Å²) in [5.41, 5.74) is 6.10. The quantitative estimate of drug-likeness (QED) is 0.460. The van der Waals surface area contributed by atoms with Crippen LogP contribution in [0.15, 0.2) is 47.3 Å². The van der Waals surface area contributed by atoms with Crippen molar-refractivity contribution in [2.45, 2.75) is 13.8 Å². The van der Waals surface area contributed by atoms with Crippen molar-refractivity contribution in [2.75, 3.05) is 0 Å². The van der Waals surface area contributed by atoms with Crippen LogP contribution < -0.4 is 5.56 Å². The van der Waals surface area contributed by atoms with Gasteiger partial charge in [0.15, 0.2) is 0 Å². The van der Waals surface area contributed by atoms with Crippen molar-refractivity contribution in [3.8, 4) is 34.7 Å². The first-order chi connectivity index (χ1) is 13.4. The minimum atomic E-state index is -0.218. The van der Waals surface area contributed by atoms with Crippen molar-refractivity contribution < 1.29 is 0 Å². The van der Waals surface area contributed by atoms with E-state index in [4.69, 9.17) is 29.6 Å². The lowest BCUT2D eigenvalue weighted by atomic mass is 10.0. The predicted molar refractivity (Wildman–Crippen MR) is 114 cm³/mol. The molecule has 0 spiro atoms. The van der Waals surface area contributed by atoms with Crippen LogP contribution in [0.1, 0.15) is 16.8 Å². The van der Waals surface area contributed by atoms with E-state index >= 15 is 0 Å². The van der Waals surface area contributed by atoms with E-state index in [9.17, 15) is 4.79 Å². The zero-order valence-corrected chi connectivity index (χ0v) is 16.7. The number of nitrogens with one attached hydrogen (secondary N) is 1. The molecule has 0 aliphatic heterocycles. The summed E-state index contributed by atoms with van der Waals surface area (Å²) >= 11 is 12.2. The zero-order chi connectivity index (χ0) is 20.0. The van der Waals surface area contributed by atoms with E-state index in [2.05, 4.69) is 16.0 Å². The third-order valence-corrected chi connectivity index (χ3v) is 5.41. The van der Waals surface area contributed by atoms with Crippen molar-refractivity contribution in [3.05, 3.63) is 79.7 Å². The summed E-state index contributed by atoms with van der Waals surface area (Å²) in [6, 6.07) is 12.6. The molecule has 2 heterocycles. The summed E-state index contributed by atoms with van der Waals surface area (Å²) in [4.78, 5) is 15.4. The second-order valence-electron chi connectivity index (χ2n) is 6.54. The molecule has 0 aliphatic carbocycles. The Kier molecular flexibility index (Phi) is 4.50. The number of halogens is 2. The first kappa shape index (κ1) is 18.4. The monoisotopic (exact) mass is 407 g/mol. The minimum Gasteiger partial charge on any atom is -0.306 e. The molecule has 0 atom stereocenters. The summed E-state index contributed by atoms with van der Waals surface area (Å²) < 4.78 is 1.74. The number of nitrogens with zero attached hydrogens (tertiary/aromatic N) is 2. The Morgan fingerprint density at radius 3 is 2.54 bits per heavy atom. The Labute approximate surface area is 171 Å². The molecule has 4 aromatic rings. The fourth-order valence-corrected chi connectivity index (χ4v) is 3.68. The van der Waals surface area contributed by atoms with E-state index in [0.717, 1.165) is 33.5 Å². The molecule has 2 aromatic heterocycles. The number of aromatic nitrogens is 3. The van der Waals surface area contributed by atoms with Gasteiger partial charge in [0.2, 0.25) is 0 Å². The number of benzene rings is 2. The number of hydrogen-bond acceptors (Lipinski definition) is 2. The highest BCUT2D eigenvalue weighted by molar-refractivity contribution is 6.42. The summed E-state index contributed by atoms with van der Waals surface area (Å²) in [7, 11) is 0. The second-order valence-corrected chi connectivity index (χ2v) is 7.36. The maximum Gasteiger partial charge on any atom is 0.251 e. The lowest BCUT2D eigenvalue weighted by molar-refractivity contribution is 0.917. The molecule has 0 aliphatic rings. The van der Waals surface area contributed by atoms with Crippen molar-refractivity contribution in [1.29, 1.82) is 0 Å². The number of H-pyrrole nitrogens is 1. The molecule has 0 unspecified atom stereocenters. The van der Waals surface area contributed by atoms with Gasteiger partial charge in [-0.05, 0) is 49.2 Å². The van der Waals surface area contributed by atoms with Crippen LogP contribution in [0.25, 0.3) is 28.0 Å². The van der Waals surface area contributed by atoms with Gasteiger partial charge in [0.25, 0.3) is 5.56 Å². The van der Waals surface area contributed by atoms with Gasteiger partial charge in [0.1, 0.15) is 5.65 Å². The third-order valence-electron chi connectivity index (χ3n) is 4.68. The average Bonchev–Trinajstić information content (AvgIpc) is 2.99. The lowest BCUT2D eigenvalue weighted by Crippen LogP contribution is -2.10. The first-order valence-corrected chi connectivity index (χ1v) is 9.30. The maximum absolute atomic E-state index is 12.4. The maximum atomic E-state index is 12.4. The van der Waals surface area contributed by atoms with Crippen LogP contribution in [0, 0.1) is 26.2 Å². The van der Waals surface area contributed by atoms with Gasteiger partial charge >= 0.3 is 0 Å². The smallest absolute Gasteiger partial charge is 0.251 e. The van der Waals surface area contributed by atoms with Gasteiger partial charge in [0, 0.05) is 22.8 Å². The molecule has 1 N–H and O–H groups in total. The van der Waals surface area contributed by atoms with Crippen LogP contribution in [0.4, 0.5) is 0 Å². The number of terminal acetylenes is 1. The highest BCUT2D eigenvalue weighted by Crippen LogP contribution is 2.33. The van der Waals surface area contributed by atoms with E-state index in [-0.39, 0.29) is 5.56 Å². The molecule has 0 saturated heterocycles. The topological polar surface area (TPSA) is 50.2 Å². The zero-order valence-electron chi connectivity index (χ0n) is 15.2. The van der Waals surface area contributed by atoms with Gasteiger partial charge in [-0.25, -0.2) is 4.52 Å². The Morgan fingerprint density at radius 1 is 1.07 bits per heavy atom. The van der Waals surface area contributed by atoms with Crippen molar-refractivity contribution in [1.82, 2.24) is 14.6 Å². The summed E-state index contributed by atoms with van der Waals surface area (Å²) in [5, 5.41) is 5.58. The Morgan fingerprint density at radius 2 is 1.86 bits per heavy atom. The highest BCUT2D eigenvalue weighted by atomic mass is 35.5. The fraction of sp³-hybridized carbons (Fsp3) is 0.0909. The SMILES string of the molecule is C#Cc1ccc(-c2cc(=O)[nH]c3c(-c4ccc(Cl)c(Cl)c4)c(C)nn23)c(C)c1. The fourth-order valence-electron chi connectivity index (χ4n) is 3.39. The van der Waals surface area contributed by atoms with E-state index in [0.29, 0.717) is 21.4 Å². The van der Waals surface area contributed by atoms with Gasteiger partial charge in [-0.1, -0.05) is 41.3 Å². The number of aryl methyl sites for hydroxylation is 2. The molecule has 0 bridgehead atoms. The number of aromatic amines is 1. The molecule has 28 heavy (non-hydrogen) atoms. The normalized spacial score (nSPS) is 11.0. The molecule has 4 nitrogen and oxygen atoms in total. The highest BCUT2D eigenvalue weighted by Gasteiger charge is 2.18. The van der Waals surface area contributed by atoms with Gasteiger partial charge in [-0.15, -0.1) is 6.42 Å². The van der Waals surface area contributed by atoms with Gasteiger partial charge in [-0.3, -0.25) is 4.79 Å². The summed E-state index contributed by atoms with van der Waals surface area (Å²) in [5.74, 6) is 2.63. The Balaban J connectivity index is 2.03. The van der Waals surface area contributed by atoms with E-state index < -0.39 is 0 Å². The Bertz CT molecular complexity index is 1340. The standard InChI is InChI=1S/C22H15Cl2N3O/c1-4-14-5-7-16(12(2)9-14)19-11-20(28)25-22-21(13(3)26-27(19)22)15-6-8-17(23)18(24)10-15/h1,5-11H,2-3H3,(H,25,28). The van der Waals surface area contributed by atoms with E-state index in [1.165, 1.54) is 6.07 Å². The second kappa shape index (κ2) is 6.87. The van der Waals surface area contributed by atoms with Crippen LogP contribution in [0.2, 0.25) is 10.0 Å². The van der Waals surface area contributed by atoms with E-state index in [1.54, 1.807) is 16.6 Å². The third kappa shape index (κ3) is 2.99. The van der Waals surface area contributed by atoms with Crippen LogP contribution in [-0.2, 0) is 0 Å². The molecule has 2 aromatic carbocycles. The molecular weight excluding hydrogens is 393 g/mol. The molecule has 0 radical (unpaired) electrons. The molecule has 0 amide bonds. The number of hydrogen-bond donors (Lipinski definition) is 1. The van der Waals surface area contributed by atoms with Crippen LogP contribution in [-0.4, -0.2) is 14.6 Å². The molecular formula is C22H15Cl2N3O. The summed E-state index contributed by atoms with van der Waals surface area (Å²) in [6.07, 6.45) is 5.49. The first-order valence-electron chi connectivity index (χ1n) is 8.55. The Hall–Kier alpha value is -3.00. The molecule has 6 heteroatoms. The van der Waals surface area contributed by atoms with Crippen molar-refractivity contribution in [2.24, 2.45) is 0 Å². The molecule has 138 valence electrons. The van der Waals surface area contributed by atoms with Crippen LogP contribution >= 0.6 is 23.2 Å². The van der Waals surface area contributed by atoms with Crippen LogP contribution in [0.3, 0.4) is 0 Å². The average molecular weight is 408 g/mol. The van der Waals surface area contributed by atoms with Crippen LogP contribution in [0.5, 0.6) is 0 Å². The summed E-state index contributed by atoms with van der Waals surface area (Å²) in [6.45, 7) is 3.85. The van der Waals surface area contributed by atoms with E-state index in [1.807, 2.05) is 38.1 Å². The van der Waals surface area contributed by atoms with Crippen molar-refractivity contribution >= 4 is 28.8 Å².